The molecule has 0 unspecified atom stereocenters. The molecule has 0 N–H and O–H groups in total. The van der Waals surface area contributed by atoms with Gasteiger partial charge in [0, 0.05) is 6.42 Å². The average molecular weight is 303 g/mol. The molecule has 2 aromatic heterocycles. The third-order valence-corrected chi connectivity index (χ3v) is 4.08. The molecule has 21 heavy (non-hydrogen) atoms. The van der Waals surface area contributed by atoms with E-state index < -0.39 is 0 Å². The Balaban J connectivity index is 2.05. The van der Waals surface area contributed by atoms with Gasteiger partial charge in [-0.1, -0.05) is 30.3 Å². The molecule has 0 aliphatic heterocycles. The van der Waals surface area contributed by atoms with Gasteiger partial charge in [-0.2, -0.15) is 15.3 Å². The Hall–Kier alpha value is -1.94. The number of thioether (sulfide) groups is 1. The Morgan fingerprint density at radius 3 is 2.81 bits per heavy atom. The number of unbranched alkanes of at least 4 members (excludes halogenated alkanes) is 1. The highest BCUT2D eigenvalue weighted by molar-refractivity contribution is 7.98. The summed E-state index contributed by atoms with van der Waals surface area (Å²) in [5.41, 5.74) is 2.21. The Kier molecular flexibility index (Phi) is 5.28. The van der Waals surface area contributed by atoms with Gasteiger partial charge in [0.05, 0.1) is 17.0 Å². The van der Waals surface area contributed by atoms with Crippen LogP contribution in [0, 0.1) is 25.2 Å². The standard InChI is InChI=1S/C14H17N5OS/c1-4-5-6-12-16-13(20-19-12)8-21-14-11(7-15)9(2)10(3)17-18-14/h4-6,8H2,1-3H3. The third-order valence-electron chi connectivity index (χ3n) is 3.13. The Morgan fingerprint density at radius 1 is 1.29 bits per heavy atom. The van der Waals surface area contributed by atoms with E-state index in [0.717, 1.165) is 36.3 Å². The molecule has 0 saturated carbocycles. The second kappa shape index (κ2) is 7.18. The Bertz CT molecular complexity index is 662. The van der Waals surface area contributed by atoms with Crippen molar-refractivity contribution in [2.75, 3.05) is 0 Å². The zero-order valence-electron chi connectivity index (χ0n) is 12.4. The Morgan fingerprint density at radius 2 is 2.10 bits per heavy atom. The molecule has 2 aromatic rings. The number of aryl methyl sites for hydroxylation is 2. The highest BCUT2D eigenvalue weighted by atomic mass is 32.2. The van der Waals surface area contributed by atoms with E-state index in [9.17, 15) is 5.26 Å². The number of hydrogen-bond donors (Lipinski definition) is 0. The molecule has 0 amide bonds. The van der Waals surface area contributed by atoms with Gasteiger partial charge in [-0.3, -0.25) is 0 Å². The average Bonchev–Trinajstić information content (AvgIpc) is 2.94. The first-order chi connectivity index (χ1) is 10.2. The molecule has 110 valence electrons. The van der Waals surface area contributed by atoms with E-state index in [4.69, 9.17) is 4.52 Å². The van der Waals surface area contributed by atoms with Gasteiger partial charge < -0.3 is 4.52 Å². The van der Waals surface area contributed by atoms with Gasteiger partial charge in [-0.25, -0.2) is 0 Å². The minimum absolute atomic E-state index is 0.491. The van der Waals surface area contributed by atoms with Crippen LogP contribution in [0.2, 0.25) is 0 Å². The van der Waals surface area contributed by atoms with Crippen LogP contribution >= 0.6 is 11.8 Å². The summed E-state index contributed by atoms with van der Waals surface area (Å²) in [7, 11) is 0. The maximum atomic E-state index is 9.24. The highest BCUT2D eigenvalue weighted by Crippen LogP contribution is 2.25. The summed E-state index contributed by atoms with van der Waals surface area (Å²) in [6.45, 7) is 5.84. The van der Waals surface area contributed by atoms with Crippen LogP contribution in [0.15, 0.2) is 9.55 Å². The van der Waals surface area contributed by atoms with Crippen LogP contribution in [0.25, 0.3) is 0 Å². The van der Waals surface area contributed by atoms with E-state index in [1.165, 1.54) is 11.8 Å². The predicted molar refractivity (Wildman–Crippen MR) is 78.7 cm³/mol. The topological polar surface area (TPSA) is 88.5 Å². The van der Waals surface area contributed by atoms with E-state index in [0.29, 0.717) is 22.2 Å². The normalized spacial score (nSPS) is 10.6. The minimum atomic E-state index is 0.491. The lowest BCUT2D eigenvalue weighted by Gasteiger charge is -2.04. The first kappa shape index (κ1) is 15.4. The largest absolute Gasteiger partial charge is 0.338 e. The number of nitriles is 1. The molecule has 0 bridgehead atoms. The fourth-order valence-corrected chi connectivity index (χ4v) is 2.55. The van der Waals surface area contributed by atoms with Crippen molar-refractivity contribution in [3.8, 4) is 6.07 Å². The van der Waals surface area contributed by atoms with Crippen molar-refractivity contribution in [2.45, 2.75) is 50.8 Å². The number of hydrogen-bond acceptors (Lipinski definition) is 7. The zero-order valence-corrected chi connectivity index (χ0v) is 13.2. The van der Waals surface area contributed by atoms with Gasteiger partial charge >= 0.3 is 0 Å². The fraction of sp³-hybridized carbons (Fsp3) is 0.500. The highest BCUT2D eigenvalue weighted by Gasteiger charge is 2.13. The maximum absolute atomic E-state index is 9.24. The van der Waals surface area contributed by atoms with Crippen molar-refractivity contribution in [2.24, 2.45) is 0 Å². The fourth-order valence-electron chi connectivity index (χ4n) is 1.73. The first-order valence-corrected chi connectivity index (χ1v) is 7.82. The smallest absolute Gasteiger partial charge is 0.237 e. The van der Waals surface area contributed by atoms with E-state index in [2.05, 4.69) is 33.3 Å². The van der Waals surface area contributed by atoms with Gasteiger partial charge in [0.25, 0.3) is 0 Å². The summed E-state index contributed by atoms with van der Waals surface area (Å²) in [4.78, 5) is 4.33. The van der Waals surface area contributed by atoms with Crippen molar-refractivity contribution in [3.05, 3.63) is 28.5 Å². The molecule has 0 aromatic carbocycles. The lowest BCUT2D eigenvalue weighted by Crippen LogP contribution is -1.99. The summed E-state index contributed by atoms with van der Waals surface area (Å²) in [5, 5.41) is 21.9. The van der Waals surface area contributed by atoms with E-state index >= 15 is 0 Å². The molecule has 0 aliphatic rings. The summed E-state index contributed by atoms with van der Waals surface area (Å²) in [5.74, 6) is 1.78. The molecule has 6 nitrogen and oxygen atoms in total. The van der Waals surface area contributed by atoms with Crippen molar-refractivity contribution < 1.29 is 4.52 Å². The monoisotopic (exact) mass is 303 g/mol. The lowest BCUT2D eigenvalue weighted by molar-refractivity contribution is 0.384. The number of rotatable bonds is 6. The van der Waals surface area contributed by atoms with Crippen molar-refractivity contribution in [1.82, 2.24) is 20.3 Å². The summed E-state index contributed by atoms with van der Waals surface area (Å²) in [6.07, 6.45) is 2.98. The summed E-state index contributed by atoms with van der Waals surface area (Å²) < 4.78 is 5.20. The molecular weight excluding hydrogens is 286 g/mol. The summed E-state index contributed by atoms with van der Waals surface area (Å²) >= 11 is 1.39. The SMILES string of the molecule is CCCCc1noc(CSc2nnc(C)c(C)c2C#N)n1. The molecular formula is C14H17N5OS. The number of aromatic nitrogens is 4. The van der Waals surface area contributed by atoms with Crippen LogP contribution in [-0.4, -0.2) is 20.3 Å². The first-order valence-electron chi connectivity index (χ1n) is 6.84. The number of nitrogens with zero attached hydrogens (tertiary/aromatic N) is 5. The quantitative estimate of drug-likeness (QED) is 0.758. The van der Waals surface area contributed by atoms with Crippen LogP contribution in [0.1, 0.15) is 48.3 Å². The molecule has 2 rings (SSSR count). The van der Waals surface area contributed by atoms with Crippen LogP contribution in [0.3, 0.4) is 0 Å². The molecule has 2 heterocycles. The molecule has 0 saturated heterocycles. The second-order valence-corrected chi connectivity index (χ2v) is 5.66. The minimum Gasteiger partial charge on any atom is -0.338 e. The van der Waals surface area contributed by atoms with Crippen LogP contribution in [0.4, 0.5) is 0 Å². The van der Waals surface area contributed by atoms with Gasteiger partial charge in [-0.05, 0) is 25.8 Å². The van der Waals surface area contributed by atoms with Gasteiger partial charge in [0.1, 0.15) is 11.1 Å². The molecule has 0 fully saturated rings. The van der Waals surface area contributed by atoms with E-state index in [-0.39, 0.29) is 0 Å². The lowest BCUT2D eigenvalue weighted by atomic mass is 10.1. The molecule has 7 heteroatoms. The Labute approximate surface area is 128 Å². The van der Waals surface area contributed by atoms with Gasteiger partial charge in [0.15, 0.2) is 5.82 Å². The van der Waals surface area contributed by atoms with Gasteiger partial charge in [-0.15, -0.1) is 5.10 Å². The van der Waals surface area contributed by atoms with E-state index in [1.54, 1.807) is 0 Å². The van der Waals surface area contributed by atoms with E-state index in [1.807, 2.05) is 13.8 Å². The van der Waals surface area contributed by atoms with Gasteiger partial charge in [0.2, 0.25) is 5.89 Å². The second-order valence-electron chi connectivity index (χ2n) is 4.70. The van der Waals surface area contributed by atoms with Crippen LogP contribution in [0.5, 0.6) is 0 Å². The molecule has 0 radical (unpaired) electrons. The van der Waals surface area contributed by atoms with Crippen molar-refractivity contribution in [1.29, 1.82) is 5.26 Å². The van der Waals surface area contributed by atoms with Crippen LogP contribution < -0.4 is 0 Å². The summed E-state index contributed by atoms with van der Waals surface area (Å²) in [6, 6.07) is 2.18. The van der Waals surface area contributed by atoms with Crippen LogP contribution in [-0.2, 0) is 12.2 Å². The van der Waals surface area contributed by atoms with Crippen molar-refractivity contribution >= 4 is 11.8 Å². The maximum Gasteiger partial charge on any atom is 0.237 e. The van der Waals surface area contributed by atoms with Crippen molar-refractivity contribution in [3.63, 3.8) is 0 Å². The predicted octanol–water partition coefficient (Wildman–Crippen LogP) is 2.98. The molecule has 0 aliphatic carbocycles. The molecule has 0 atom stereocenters. The third kappa shape index (κ3) is 3.79. The zero-order chi connectivity index (χ0) is 15.2. The molecule has 0 spiro atoms.